The van der Waals surface area contributed by atoms with E-state index in [1.54, 1.807) is 6.07 Å². The van der Waals surface area contributed by atoms with Crippen molar-refractivity contribution in [3.8, 4) is 0 Å². The Labute approximate surface area is 188 Å². The molecule has 3 N–H and O–H groups in total. The Kier molecular flexibility index (Phi) is 6.09. The topological polar surface area (TPSA) is 92.2 Å². The Morgan fingerprint density at radius 3 is 2.50 bits per heavy atom. The van der Waals surface area contributed by atoms with E-state index in [0.717, 1.165) is 49.4 Å². The van der Waals surface area contributed by atoms with Crippen LogP contribution in [0.25, 0.3) is 10.9 Å². The molecule has 2 aliphatic rings. The number of aromatic nitrogens is 1. The molecule has 2 unspecified atom stereocenters. The van der Waals surface area contributed by atoms with Crippen molar-refractivity contribution < 1.29 is 14.4 Å². The van der Waals surface area contributed by atoms with Gasteiger partial charge in [0.1, 0.15) is 5.69 Å². The molecule has 1 aromatic heterocycles. The summed E-state index contributed by atoms with van der Waals surface area (Å²) in [6.07, 6.45) is 6.72. The van der Waals surface area contributed by atoms with Crippen LogP contribution in [-0.2, 0) is 10.3 Å². The fourth-order valence-electron chi connectivity index (χ4n) is 5.22. The number of nitrogens with one attached hydrogen (secondary N) is 3. The molecule has 32 heavy (non-hydrogen) atoms. The lowest BCUT2D eigenvalue weighted by atomic mass is 9.89. The first-order chi connectivity index (χ1) is 15.4. The van der Waals surface area contributed by atoms with Crippen molar-refractivity contribution in [2.75, 3.05) is 6.54 Å². The van der Waals surface area contributed by atoms with Crippen LogP contribution < -0.4 is 16.0 Å². The summed E-state index contributed by atoms with van der Waals surface area (Å²) in [4.78, 5) is 37.5. The van der Waals surface area contributed by atoms with Crippen LogP contribution in [0.4, 0.5) is 0 Å². The highest BCUT2D eigenvalue weighted by Gasteiger charge is 2.37. The van der Waals surface area contributed by atoms with Crippen molar-refractivity contribution in [1.82, 2.24) is 20.5 Å². The lowest BCUT2D eigenvalue weighted by molar-refractivity contribution is -0.117. The van der Waals surface area contributed by atoms with Crippen LogP contribution in [0.5, 0.6) is 0 Å². The van der Waals surface area contributed by atoms with Crippen molar-refractivity contribution in [3.05, 3.63) is 48.2 Å². The quantitative estimate of drug-likeness (QED) is 0.607. The monoisotopic (exact) mass is 436 g/mol. The zero-order valence-corrected chi connectivity index (χ0v) is 18.9. The summed E-state index contributed by atoms with van der Waals surface area (Å²) in [6, 6.07) is 7.31. The van der Waals surface area contributed by atoms with Crippen LogP contribution in [0.15, 0.2) is 36.9 Å². The van der Waals surface area contributed by atoms with E-state index >= 15 is 0 Å². The Morgan fingerprint density at radius 1 is 1.16 bits per heavy atom. The highest BCUT2D eigenvalue weighted by Crippen LogP contribution is 2.35. The molecular weight excluding hydrogens is 404 g/mol. The SMILES string of the molecule is C=CC(=O)NC1CCCCC1NC(=O)c1ccc2cc3n(c2c1)C(CC)(CC)CNC3=O. The van der Waals surface area contributed by atoms with Crippen molar-refractivity contribution in [2.24, 2.45) is 0 Å². The molecule has 2 aromatic rings. The van der Waals surface area contributed by atoms with Crippen LogP contribution in [-0.4, -0.2) is 40.9 Å². The van der Waals surface area contributed by atoms with Gasteiger partial charge in [-0.25, -0.2) is 0 Å². The fourth-order valence-corrected chi connectivity index (χ4v) is 5.22. The van der Waals surface area contributed by atoms with E-state index < -0.39 is 0 Å². The van der Waals surface area contributed by atoms with Gasteiger partial charge >= 0.3 is 0 Å². The first-order valence-corrected chi connectivity index (χ1v) is 11.6. The third-order valence-electron chi connectivity index (χ3n) is 7.26. The molecule has 1 aromatic carbocycles. The number of hydrogen-bond acceptors (Lipinski definition) is 3. The van der Waals surface area contributed by atoms with E-state index in [1.165, 1.54) is 6.08 Å². The maximum Gasteiger partial charge on any atom is 0.268 e. The Morgan fingerprint density at radius 2 is 1.84 bits per heavy atom. The average molecular weight is 437 g/mol. The van der Waals surface area contributed by atoms with Gasteiger partial charge in [0.15, 0.2) is 0 Å². The lowest BCUT2D eigenvalue weighted by Gasteiger charge is -2.39. The summed E-state index contributed by atoms with van der Waals surface area (Å²) in [5.74, 6) is -0.454. The first-order valence-electron chi connectivity index (χ1n) is 11.6. The first kappa shape index (κ1) is 22.1. The predicted octanol–water partition coefficient (Wildman–Crippen LogP) is 3.24. The summed E-state index contributed by atoms with van der Waals surface area (Å²) in [7, 11) is 0. The molecule has 1 aliphatic heterocycles. The number of benzene rings is 1. The smallest absolute Gasteiger partial charge is 0.268 e. The third-order valence-corrected chi connectivity index (χ3v) is 7.26. The number of rotatable bonds is 6. The standard InChI is InChI=1S/C25H32N4O3/c1-4-22(30)27-18-9-7-8-10-19(18)28-23(31)17-12-11-16-13-21-24(32)26-15-25(5-2,6-3)29(21)20(16)14-17/h4,11-14,18-19H,1,5-10,15H2,2-3H3,(H,26,32)(H,27,30)(H,28,31). The van der Waals surface area contributed by atoms with Crippen molar-refractivity contribution in [3.63, 3.8) is 0 Å². The molecule has 4 rings (SSSR count). The number of nitrogens with zero attached hydrogens (tertiary/aromatic N) is 1. The molecule has 0 bridgehead atoms. The van der Waals surface area contributed by atoms with E-state index in [0.29, 0.717) is 17.8 Å². The van der Waals surface area contributed by atoms with E-state index in [1.807, 2.05) is 18.2 Å². The molecule has 0 radical (unpaired) electrons. The molecule has 1 saturated carbocycles. The second-order valence-electron chi connectivity index (χ2n) is 8.94. The van der Waals surface area contributed by atoms with Gasteiger partial charge in [-0.15, -0.1) is 0 Å². The van der Waals surface area contributed by atoms with Crippen LogP contribution in [0.1, 0.15) is 73.2 Å². The van der Waals surface area contributed by atoms with E-state index in [-0.39, 0.29) is 35.3 Å². The van der Waals surface area contributed by atoms with Crippen LogP contribution in [0, 0.1) is 0 Å². The summed E-state index contributed by atoms with van der Waals surface area (Å²) >= 11 is 0. The molecule has 170 valence electrons. The van der Waals surface area contributed by atoms with E-state index in [9.17, 15) is 14.4 Å². The van der Waals surface area contributed by atoms with Gasteiger partial charge in [0.05, 0.1) is 11.1 Å². The van der Waals surface area contributed by atoms with Crippen LogP contribution in [0.3, 0.4) is 0 Å². The third kappa shape index (κ3) is 3.80. The van der Waals surface area contributed by atoms with Crippen molar-refractivity contribution in [2.45, 2.75) is 70.0 Å². The van der Waals surface area contributed by atoms with Gasteiger partial charge in [-0.05, 0) is 50.0 Å². The van der Waals surface area contributed by atoms with Gasteiger partial charge in [0, 0.05) is 29.6 Å². The van der Waals surface area contributed by atoms with Gasteiger partial charge in [0.2, 0.25) is 5.91 Å². The van der Waals surface area contributed by atoms with Crippen molar-refractivity contribution in [1.29, 1.82) is 0 Å². The maximum absolute atomic E-state index is 13.2. The Balaban J connectivity index is 1.65. The summed E-state index contributed by atoms with van der Waals surface area (Å²) in [6.45, 7) is 8.37. The van der Waals surface area contributed by atoms with Gasteiger partial charge < -0.3 is 20.5 Å². The number of fused-ring (bicyclic) bond motifs is 3. The summed E-state index contributed by atoms with van der Waals surface area (Å²) < 4.78 is 2.13. The molecule has 1 aliphatic carbocycles. The molecule has 7 heteroatoms. The second kappa shape index (κ2) is 8.81. The second-order valence-corrected chi connectivity index (χ2v) is 8.94. The zero-order chi connectivity index (χ0) is 22.9. The lowest BCUT2D eigenvalue weighted by Crippen LogP contribution is -2.53. The number of hydrogen-bond donors (Lipinski definition) is 3. The van der Waals surface area contributed by atoms with E-state index in [2.05, 4.69) is 40.9 Å². The number of carbonyl (C=O) groups excluding carboxylic acids is 3. The molecular formula is C25H32N4O3. The van der Waals surface area contributed by atoms with Gasteiger partial charge in [-0.3, -0.25) is 14.4 Å². The Bertz CT molecular complexity index is 1070. The minimum Gasteiger partial charge on any atom is -0.348 e. The largest absolute Gasteiger partial charge is 0.348 e. The minimum absolute atomic E-state index is 0.0762. The van der Waals surface area contributed by atoms with Crippen LogP contribution >= 0.6 is 0 Å². The molecule has 2 heterocycles. The average Bonchev–Trinajstić information content (AvgIpc) is 3.21. The minimum atomic E-state index is -0.217. The molecule has 0 saturated heterocycles. The van der Waals surface area contributed by atoms with Crippen LogP contribution in [0.2, 0.25) is 0 Å². The summed E-state index contributed by atoms with van der Waals surface area (Å²) in [5, 5.41) is 10.1. The van der Waals surface area contributed by atoms with Crippen molar-refractivity contribution >= 4 is 28.6 Å². The fraction of sp³-hybridized carbons (Fsp3) is 0.480. The molecule has 0 spiro atoms. The van der Waals surface area contributed by atoms with Gasteiger partial charge in [-0.1, -0.05) is 39.3 Å². The molecule has 1 fully saturated rings. The van der Waals surface area contributed by atoms with Gasteiger partial charge in [0.25, 0.3) is 11.8 Å². The summed E-state index contributed by atoms with van der Waals surface area (Å²) in [5.41, 5.74) is 1.91. The highest BCUT2D eigenvalue weighted by atomic mass is 16.2. The number of carbonyl (C=O) groups is 3. The molecule has 3 amide bonds. The predicted molar refractivity (Wildman–Crippen MR) is 125 cm³/mol. The normalized spacial score (nSPS) is 22.0. The highest BCUT2D eigenvalue weighted by molar-refractivity contribution is 6.03. The number of amides is 3. The zero-order valence-electron chi connectivity index (χ0n) is 18.9. The maximum atomic E-state index is 13.2. The van der Waals surface area contributed by atoms with E-state index in [4.69, 9.17) is 0 Å². The Hall–Kier alpha value is -3.09. The van der Waals surface area contributed by atoms with Gasteiger partial charge in [-0.2, -0.15) is 0 Å². The molecule has 7 nitrogen and oxygen atoms in total. The molecule has 2 atom stereocenters.